The van der Waals surface area contributed by atoms with Gasteiger partial charge < -0.3 is 10.3 Å². The molecule has 1 atom stereocenters. The summed E-state index contributed by atoms with van der Waals surface area (Å²) < 4.78 is 19.4. The van der Waals surface area contributed by atoms with Crippen molar-refractivity contribution in [1.29, 1.82) is 0 Å². The summed E-state index contributed by atoms with van der Waals surface area (Å²) in [6, 6.07) is 4.67. The summed E-state index contributed by atoms with van der Waals surface area (Å²) in [5.74, 6) is 0.277. The number of halogens is 2. The molecule has 96 valence electrons. The van der Waals surface area contributed by atoms with Crippen molar-refractivity contribution in [2.45, 2.75) is 25.8 Å². The number of hydrogen-bond donors (Lipinski definition) is 1. The molecule has 0 radical (unpaired) electrons. The molecule has 2 N–H and O–H groups in total. The first kappa shape index (κ1) is 13.2. The number of aromatic nitrogens is 2. The fraction of sp³-hybridized carbons (Fsp3) is 0.333. The number of benzene rings is 1. The maximum absolute atomic E-state index is 13.7. The number of nitrogens with zero attached hydrogens (tertiary/aromatic N) is 2. The molecule has 0 fully saturated rings. The highest BCUT2D eigenvalue weighted by molar-refractivity contribution is 9.10. The van der Waals surface area contributed by atoms with Crippen LogP contribution in [0.2, 0.25) is 0 Å². The Balaban J connectivity index is 2.24. The standard InChI is InChI=1S/C12H13BrFN3O/c1-2-8(15)6-11-16-12(18-17-11)9-4-3-7(13)5-10(9)14/h3-5,8H,2,6,15H2,1H3. The van der Waals surface area contributed by atoms with Crippen molar-refractivity contribution in [3.05, 3.63) is 34.3 Å². The van der Waals surface area contributed by atoms with Crippen LogP contribution in [0.25, 0.3) is 11.5 Å². The van der Waals surface area contributed by atoms with Crippen LogP contribution in [-0.2, 0) is 6.42 Å². The Kier molecular flexibility index (Phi) is 4.08. The molecule has 0 saturated heterocycles. The van der Waals surface area contributed by atoms with Crippen LogP contribution >= 0.6 is 15.9 Å². The average Bonchev–Trinajstić information content (AvgIpc) is 2.77. The van der Waals surface area contributed by atoms with Gasteiger partial charge in [0.1, 0.15) is 5.82 Å². The highest BCUT2D eigenvalue weighted by atomic mass is 79.9. The van der Waals surface area contributed by atoms with Gasteiger partial charge in [-0.25, -0.2) is 4.39 Å². The van der Waals surface area contributed by atoms with Gasteiger partial charge in [-0.1, -0.05) is 28.0 Å². The van der Waals surface area contributed by atoms with E-state index >= 15 is 0 Å². The predicted molar refractivity (Wildman–Crippen MR) is 69.4 cm³/mol. The summed E-state index contributed by atoms with van der Waals surface area (Å²) in [7, 11) is 0. The first-order valence-electron chi connectivity index (χ1n) is 5.63. The minimum absolute atomic E-state index is 0.00906. The van der Waals surface area contributed by atoms with Crippen LogP contribution < -0.4 is 5.73 Å². The Bertz CT molecular complexity index is 544. The van der Waals surface area contributed by atoms with E-state index in [0.717, 1.165) is 6.42 Å². The SMILES string of the molecule is CCC(N)Cc1noc(-c2ccc(Br)cc2F)n1. The third kappa shape index (κ3) is 2.94. The molecular weight excluding hydrogens is 301 g/mol. The van der Waals surface area contributed by atoms with Gasteiger partial charge in [0.2, 0.25) is 0 Å². The average molecular weight is 314 g/mol. The normalized spacial score (nSPS) is 12.7. The molecule has 1 aromatic carbocycles. The van der Waals surface area contributed by atoms with Crippen molar-refractivity contribution >= 4 is 15.9 Å². The third-order valence-electron chi connectivity index (χ3n) is 2.60. The third-order valence-corrected chi connectivity index (χ3v) is 3.09. The number of nitrogens with two attached hydrogens (primary N) is 1. The van der Waals surface area contributed by atoms with Gasteiger partial charge >= 0.3 is 0 Å². The quantitative estimate of drug-likeness (QED) is 0.942. The topological polar surface area (TPSA) is 64.9 Å². The van der Waals surface area contributed by atoms with Gasteiger partial charge in [-0.3, -0.25) is 0 Å². The highest BCUT2D eigenvalue weighted by Gasteiger charge is 2.14. The zero-order chi connectivity index (χ0) is 13.1. The lowest BCUT2D eigenvalue weighted by Crippen LogP contribution is -2.21. The van der Waals surface area contributed by atoms with E-state index in [4.69, 9.17) is 10.3 Å². The second-order valence-electron chi connectivity index (χ2n) is 4.01. The van der Waals surface area contributed by atoms with Gasteiger partial charge in [-0.2, -0.15) is 4.98 Å². The van der Waals surface area contributed by atoms with Gasteiger partial charge in [0.25, 0.3) is 5.89 Å². The Labute approximate surface area is 113 Å². The van der Waals surface area contributed by atoms with Crippen LogP contribution in [0.5, 0.6) is 0 Å². The van der Waals surface area contributed by atoms with Gasteiger partial charge in [0.15, 0.2) is 5.82 Å². The van der Waals surface area contributed by atoms with Crippen LogP contribution in [0.4, 0.5) is 4.39 Å². The Morgan fingerprint density at radius 3 is 2.94 bits per heavy atom. The summed E-state index contributed by atoms with van der Waals surface area (Å²) in [4.78, 5) is 4.15. The van der Waals surface area contributed by atoms with E-state index in [-0.39, 0.29) is 11.9 Å². The first-order valence-corrected chi connectivity index (χ1v) is 6.43. The van der Waals surface area contributed by atoms with Gasteiger partial charge in [-0.15, -0.1) is 0 Å². The first-order chi connectivity index (χ1) is 8.60. The number of hydrogen-bond acceptors (Lipinski definition) is 4. The van der Waals surface area contributed by atoms with Gasteiger partial charge in [0, 0.05) is 16.9 Å². The fourth-order valence-electron chi connectivity index (χ4n) is 1.49. The van der Waals surface area contributed by atoms with Crippen LogP contribution in [0.1, 0.15) is 19.2 Å². The highest BCUT2D eigenvalue weighted by Crippen LogP contribution is 2.24. The van der Waals surface area contributed by atoms with E-state index in [9.17, 15) is 4.39 Å². The van der Waals surface area contributed by atoms with Gasteiger partial charge in [-0.05, 0) is 24.6 Å². The Morgan fingerprint density at radius 2 is 2.28 bits per heavy atom. The van der Waals surface area contributed by atoms with Crippen molar-refractivity contribution in [3.63, 3.8) is 0 Å². The molecule has 4 nitrogen and oxygen atoms in total. The Morgan fingerprint density at radius 1 is 1.50 bits per heavy atom. The van der Waals surface area contributed by atoms with Crippen LogP contribution in [0.3, 0.4) is 0 Å². The predicted octanol–water partition coefficient (Wildman–Crippen LogP) is 2.92. The molecule has 18 heavy (non-hydrogen) atoms. The lowest BCUT2D eigenvalue weighted by atomic mass is 10.1. The molecule has 0 aliphatic heterocycles. The van der Waals surface area contributed by atoms with E-state index in [1.54, 1.807) is 12.1 Å². The van der Waals surface area contributed by atoms with E-state index in [0.29, 0.717) is 22.3 Å². The molecule has 1 unspecified atom stereocenters. The van der Waals surface area contributed by atoms with Crippen LogP contribution in [-0.4, -0.2) is 16.2 Å². The summed E-state index contributed by atoms with van der Waals surface area (Å²) in [6.45, 7) is 1.99. The van der Waals surface area contributed by atoms with Crippen molar-refractivity contribution in [1.82, 2.24) is 10.1 Å². The van der Waals surface area contributed by atoms with Crippen molar-refractivity contribution in [2.75, 3.05) is 0 Å². The zero-order valence-electron chi connectivity index (χ0n) is 9.86. The molecule has 1 heterocycles. The Hall–Kier alpha value is -1.27. The monoisotopic (exact) mass is 313 g/mol. The van der Waals surface area contributed by atoms with Crippen LogP contribution in [0.15, 0.2) is 27.2 Å². The van der Waals surface area contributed by atoms with Crippen molar-refractivity contribution < 1.29 is 8.91 Å². The smallest absolute Gasteiger partial charge is 0.260 e. The second-order valence-corrected chi connectivity index (χ2v) is 4.93. The number of rotatable bonds is 4. The summed E-state index contributed by atoms with van der Waals surface area (Å²) in [6.07, 6.45) is 1.36. The summed E-state index contributed by atoms with van der Waals surface area (Å²) in [5.41, 5.74) is 6.09. The lowest BCUT2D eigenvalue weighted by molar-refractivity contribution is 0.417. The maximum Gasteiger partial charge on any atom is 0.260 e. The minimum Gasteiger partial charge on any atom is -0.334 e. The molecule has 0 bridgehead atoms. The zero-order valence-corrected chi connectivity index (χ0v) is 11.4. The second kappa shape index (κ2) is 5.58. The molecule has 1 aromatic heterocycles. The molecule has 0 spiro atoms. The molecule has 0 aliphatic rings. The van der Waals surface area contributed by atoms with Crippen LogP contribution in [0, 0.1) is 5.82 Å². The maximum atomic E-state index is 13.7. The molecule has 2 aromatic rings. The fourth-order valence-corrected chi connectivity index (χ4v) is 1.82. The van der Waals surface area contributed by atoms with Crippen molar-refractivity contribution in [2.24, 2.45) is 5.73 Å². The molecule has 0 saturated carbocycles. The molecule has 0 aliphatic carbocycles. The van der Waals surface area contributed by atoms with Gasteiger partial charge in [0.05, 0.1) is 5.56 Å². The lowest BCUT2D eigenvalue weighted by Gasteiger charge is -2.02. The molecule has 2 rings (SSSR count). The molecule has 0 amide bonds. The summed E-state index contributed by atoms with van der Waals surface area (Å²) >= 11 is 3.19. The molecular formula is C12H13BrFN3O. The van der Waals surface area contributed by atoms with E-state index in [2.05, 4.69) is 26.1 Å². The van der Waals surface area contributed by atoms with Crippen molar-refractivity contribution in [3.8, 4) is 11.5 Å². The molecule has 6 heteroatoms. The summed E-state index contributed by atoms with van der Waals surface area (Å²) in [5, 5.41) is 3.80. The van der Waals surface area contributed by atoms with E-state index in [1.165, 1.54) is 6.07 Å². The van der Waals surface area contributed by atoms with E-state index < -0.39 is 5.82 Å². The largest absolute Gasteiger partial charge is 0.334 e. The van der Waals surface area contributed by atoms with E-state index in [1.807, 2.05) is 6.92 Å². The minimum atomic E-state index is -0.403.